The number of hydrogen-bond donors (Lipinski definition) is 2. The molecule has 0 atom stereocenters. The van der Waals surface area contributed by atoms with Gasteiger partial charge in [0.15, 0.2) is 5.75 Å². The summed E-state index contributed by atoms with van der Waals surface area (Å²) < 4.78 is 24.4. The average molecular weight is 316 g/mol. The first-order valence-electron chi connectivity index (χ1n) is 6.23. The van der Waals surface area contributed by atoms with Gasteiger partial charge in [-0.25, -0.2) is 13.4 Å². The second kappa shape index (κ2) is 5.93. The molecule has 0 aliphatic carbocycles. The number of benzene rings is 1. The van der Waals surface area contributed by atoms with E-state index in [4.69, 9.17) is 0 Å². The summed E-state index contributed by atoms with van der Waals surface area (Å²) in [6, 6.07) is 2.96. The fourth-order valence-corrected chi connectivity index (χ4v) is 3.08. The molecule has 0 saturated carbocycles. The van der Waals surface area contributed by atoms with Crippen LogP contribution in [0, 0.1) is 10.1 Å². The molecule has 1 saturated heterocycles. The van der Waals surface area contributed by atoms with Gasteiger partial charge in [-0.3, -0.25) is 10.1 Å². The van der Waals surface area contributed by atoms with E-state index in [1.807, 2.05) is 7.05 Å². The number of likely N-dealkylation sites (N-methyl/N-ethyl adjacent to an activating group) is 1. The van der Waals surface area contributed by atoms with Crippen LogP contribution in [-0.4, -0.2) is 61.6 Å². The zero-order valence-electron chi connectivity index (χ0n) is 11.4. The second-order valence-electron chi connectivity index (χ2n) is 4.79. The van der Waals surface area contributed by atoms with Crippen LogP contribution in [0.4, 0.5) is 5.69 Å². The van der Waals surface area contributed by atoms with Gasteiger partial charge in [0.05, 0.1) is 9.82 Å². The molecule has 0 amide bonds. The SMILES string of the molecule is CN1CCN(NS(=O)(=O)c2ccc(O)c([N+](=O)[O-])c2)CC1. The maximum Gasteiger partial charge on any atom is 0.312 e. The van der Waals surface area contributed by atoms with Crippen molar-refractivity contribution in [3.8, 4) is 5.75 Å². The molecule has 1 heterocycles. The zero-order valence-corrected chi connectivity index (χ0v) is 12.2. The van der Waals surface area contributed by atoms with Crippen molar-refractivity contribution >= 4 is 15.7 Å². The maximum atomic E-state index is 12.2. The van der Waals surface area contributed by atoms with Gasteiger partial charge in [0.1, 0.15) is 0 Å². The first-order valence-corrected chi connectivity index (χ1v) is 7.71. The Morgan fingerprint density at radius 3 is 2.48 bits per heavy atom. The highest BCUT2D eigenvalue weighted by Crippen LogP contribution is 2.28. The van der Waals surface area contributed by atoms with Crippen LogP contribution in [0.2, 0.25) is 0 Å². The summed E-state index contributed by atoms with van der Waals surface area (Å²) in [5, 5.41) is 21.6. The molecule has 116 valence electrons. The molecule has 2 N–H and O–H groups in total. The van der Waals surface area contributed by atoms with Gasteiger partial charge >= 0.3 is 5.69 Å². The Kier molecular flexibility index (Phi) is 4.42. The van der Waals surface area contributed by atoms with E-state index in [0.717, 1.165) is 31.3 Å². The molecule has 2 rings (SSSR count). The van der Waals surface area contributed by atoms with Gasteiger partial charge in [0.25, 0.3) is 10.0 Å². The van der Waals surface area contributed by atoms with E-state index in [0.29, 0.717) is 13.1 Å². The number of nitro groups is 1. The number of phenolic OH excluding ortho intramolecular Hbond substituents is 1. The molecule has 0 radical (unpaired) electrons. The minimum Gasteiger partial charge on any atom is -0.502 e. The normalized spacial score (nSPS) is 17.8. The Labute approximate surface area is 121 Å². The van der Waals surface area contributed by atoms with Crippen molar-refractivity contribution in [3.05, 3.63) is 28.3 Å². The Bertz CT molecular complexity index is 640. The van der Waals surface area contributed by atoms with Crippen LogP contribution in [0.5, 0.6) is 5.75 Å². The van der Waals surface area contributed by atoms with E-state index < -0.39 is 26.4 Å². The zero-order chi connectivity index (χ0) is 15.6. The second-order valence-corrected chi connectivity index (χ2v) is 6.45. The first-order chi connectivity index (χ1) is 9.79. The fraction of sp³-hybridized carbons (Fsp3) is 0.455. The van der Waals surface area contributed by atoms with Gasteiger partial charge in [0, 0.05) is 32.2 Å². The van der Waals surface area contributed by atoms with Crippen LogP contribution in [0.25, 0.3) is 0 Å². The molecule has 10 heteroatoms. The number of nitro benzene ring substituents is 1. The molecule has 1 fully saturated rings. The predicted octanol–water partition coefficient (Wildman–Crippen LogP) is -0.259. The Morgan fingerprint density at radius 1 is 1.29 bits per heavy atom. The number of phenols is 1. The van der Waals surface area contributed by atoms with Crippen molar-refractivity contribution in [2.45, 2.75) is 4.90 Å². The van der Waals surface area contributed by atoms with E-state index in [9.17, 15) is 23.6 Å². The number of rotatable bonds is 4. The van der Waals surface area contributed by atoms with Crippen LogP contribution in [0.1, 0.15) is 0 Å². The summed E-state index contributed by atoms with van der Waals surface area (Å²) >= 11 is 0. The van der Waals surface area contributed by atoms with Gasteiger partial charge in [0.2, 0.25) is 0 Å². The standard InChI is InChI=1S/C11H16N4O5S/c1-13-4-6-14(7-5-13)12-21(19,20)9-2-3-11(16)10(8-9)15(17)18/h2-3,8,12,16H,4-7H2,1H3. The van der Waals surface area contributed by atoms with Crippen molar-refractivity contribution in [3.63, 3.8) is 0 Å². The third-order valence-electron chi connectivity index (χ3n) is 3.21. The summed E-state index contributed by atoms with van der Waals surface area (Å²) in [7, 11) is -1.97. The molecular weight excluding hydrogens is 300 g/mol. The molecule has 1 aromatic rings. The topological polar surface area (TPSA) is 116 Å². The van der Waals surface area contributed by atoms with E-state index in [2.05, 4.69) is 9.73 Å². The summed E-state index contributed by atoms with van der Waals surface area (Å²) in [5.41, 5.74) is -0.642. The molecule has 1 aromatic carbocycles. The van der Waals surface area contributed by atoms with Crippen LogP contribution in [0.15, 0.2) is 23.1 Å². The monoisotopic (exact) mass is 316 g/mol. The molecule has 1 aliphatic rings. The first kappa shape index (κ1) is 15.6. The lowest BCUT2D eigenvalue weighted by Gasteiger charge is -2.32. The van der Waals surface area contributed by atoms with Gasteiger partial charge in [-0.2, -0.15) is 0 Å². The number of aromatic hydroxyl groups is 1. The van der Waals surface area contributed by atoms with Crippen molar-refractivity contribution < 1.29 is 18.4 Å². The number of nitrogens with zero attached hydrogens (tertiary/aromatic N) is 3. The van der Waals surface area contributed by atoms with E-state index >= 15 is 0 Å². The average Bonchev–Trinajstić information content (AvgIpc) is 2.41. The van der Waals surface area contributed by atoms with Crippen LogP contribution < -0.4 is 4.83 Å². The van der Waals surface area contributed by atoms with E-state index in [1.165, 1.54) is 0 Å². The quantitative estimate of drug-likeness (QED) is 0.580. The highest BCUT2D eigenvalue weighted by Gasteiger charge is 2.24. The maximum absolute atomic E-state index is 12.2. The van der Waals surface area contributed by atoms with Gasteiger partial charge in [-0.05, 0) is 19.2 Å². The number of piperazine rings is 1. The van der Waals surface area contributed by atoms with Gasteiger partial charge in [-0.15, -0.1) is 4.83 Å². The number of hydrazine groups is 1. The number of sulfonamides is 1. The van der Waals surface area contributed by atoms with Gasteiger partial charge in [-0.1, -0.05) is 0 Å². The lowest BCUT2D eigenvalue weighted by Crippen LogP contribution is -2.52. The van der Waals surface area contributed by atoms with E-state index in [1.54, 1.807) is 5.01 Å². The Hall–Kier alpha value is -1.75. The van der Waals surface area contributed by atoms with Crippen LogP contribution in [0.3, 0.4) is 0 Å². The summed E-state index contributed by atoms with van der Waals surface area (Å²) in [6.45, 7) is 2.49. The smallest absolute Gasteiger partial charge is 0.312 e. The third kappa shape index (κ3) is 3.67. The molecule has 0 aromatic heterocycles. The lowest BCUT2D eigenvalue weighted by atomic mass is 10.3. The lowest BCUT2D eigenvalue weighted by molar-refractivity contribution is -0.386. The minimum atomic E-state index is -3.91. The van der Waals surface area contributed by atoms with Crippen LogP contribution >= 0.6 is 0 Å². The molecule has 21 heavy (non-hydrogen) atoms. The third-order valence-corrected chi connectivity index (χ3v) is 4.58. The highest BCUT2D eigenvalue weighted by molar-refractivity contribution is 7.89. The molecule has 1 aliphatic heterocycles. The summed E-state index contributed by atoms with van der Waals surface area (Å²) in [5.74, 6) is -0.571. The number of hydrogen-bond acceptors (Lipinski definition) is 7. The molecular formula is C11H16N4O5S. The fourth-order valence-electron chi connectivity index (χ4n) is 1.94. The molecule has 0 spiro atoms. The molecule has 0 bridgehead atoms. The van der Waals surface area contributed by atoms with Crippen LogP contribution in [-0.2, 0) is 10.0 Å². The van der Waals surface area contributed by atoms with Crippen molar-refractivity contribution in [2.24, 2.45) is 0 Å². The Morgan fingerprint density at radius 2 is 1.90 bits per heavy atom. The van der Waals surface area contributed by atoms with Crippen molar-refractivity contribution in [1.29, 1.82) is 0 Å². The largest absolute Gasteiger partial charge is 0.502 e. The predicted molar refractivity (Wildman–Crippen MR) is 74.2 cm³/mol. The summed E-state index contributed by atoms with van der Waals surface area (Å²) in [6.07, 6.45) is 0. The van der Waals surface area contributed by atoms with E-state index in [-0.39, 0.29) is 4.90 Å². The molecule has 0 unspecified atom stereocenters. The van der Waals surface area contributed by atoms with Gasteiger partial charge < -0.3 is 10.0 Å². The molecule has 9 nitrogen and oxygen atoms in total. The van der Waals surface area contributed by atoms with Crippen molar-refractivity contribution in [2.75, 3.05) is 33.2 Å². The summed E-state index contributed by atoms with van der Waals surface area (Å²) in [4.78, 5) is 14.1. The number of nitrogens with one attached hydrogen (secondary N) is 1. The van der Waals surface area contributed by atoms with Crippen molar-refractivity contribution in [1.82, 2.24) is 14.7 Å². The highest BCUT2D eigenvalue weighted by atomic mass is 32.2. The Balaban J connectivity index is 2.20. The minimum absolute atomic E-state index is 0.258.